The highest BCUT2D eigenvalue weighted by Gasteiger charge is 2.09. The van der Waals surface area contributed by atoms with Gasteiger partial charge in [-0.3, -0.25) is 4.79 Å². The number of nitrogens with zero attached hydrogens (tertiary/aromatic N) is 1. The summed E-state index contributed by atoms with van der Waals surface area (Å²) >= 11 is 0. The van der Waals surface area contributed by atoms with Gasteiger partial charge in [-0.25, -0.2) is 0 Å². The molecule has 0 saturated heterocycles. The first-order valence-electron chi connectivity index (χ1n) is 5.74. The quantitative estimate of drug-likeness (QED) is 0.751. The van der Waals surface area contributed by atoms with Crippen molar-refractivity contribution in [1.29, 1.82) is 0 Å². The van der Waals surface area contributed by atoms with E-state index in [4.69, 9.17) is 0 Å². The molecular formula is C15H17NO. The second-order valence-corrected chi connectivity index (χ2v) is 4.65. The molecule has 17 heavy (non-hydrogen) atoms. The van der Waals surface area contributed by atoms with Gasteiger partial charge < -0.3 is 4.90 Å². The number of fused-ring (bicyclic) bond motifs is 1. The molecular weight excluding hydrogens is 210 g/mol. The zero-order valence-electron chi connectivity index (χ0n) is 10.5. The van der Waals surface area contributed by atoms with Crippen LogP contribution in [0.3, 0.4) is 0 Å². The van der Waals surface area contributed by atoms with Gasteiger partial charge in [-0.1, -0.05) is 24.3 Å². The van der Waals surface area contributed by atoms with E-state index in [9.17, 15) is 4.79 Å². The molecule has 0 aliphatic heterocycles. The molecule has 0 amide bonds. The highest BCUT2D eigenvalue weighted by Crippen LogP contribution is 2.25. The highest BCUT2D eigenvalue weighted by molar-refractivity contribution is 5.94. The average Bonchev–Trinajstić information content (AvgIpc) is 2.29. The topological polar surface area (TPSA) is 20.3 Å². The molecule has 0 N–H and O–H groups in total. The molecule has 0 saturated carbocycles. The zero-order valence-corrected chi connectivity index (χ0v) is 10.5. The molecule has 88 valence electrons. The van der Waals surface area contributed by atoms with Crippen molar-refractivity contribution in [3.63, 3.8) is 0 Å². The van der Waals surface area contributed by atoms with Crippen LogP contribution >= 0.6 is 0 Å². The fourth-order valence-corrected chi connectivity index (χ4v) is 2.25. The first-order chi connectivity index (χ1) is 8.13. The van der Waals surface area contributed by atoms with Gasteiger partial charge >= 0.3 is 0 Å². The minimum Gasteiger partial charge on any atom is -0.305 e. The van der Waals surface area contributed by atoms with Crippen molar-refractivity contribution >= 4 is 17.1 Å². The molecule has 2 nitrogen and oxygen atoms in total. The monoisotopic (exact) mass is 227 g/mol. The molecule has 0 aromatic heterocycles. The van der Waals surface area contributed by atoms with Crippen molar-refractivity contribution in [2.75, 3.05) is 14.1 Å². The van der Waals surface area contributed by atoms with Crippen molar-refractivity contribution in [3.8, 4) is 0 Å². The maximum Gasteiger partial charge on any atom is 0.150 e. The Bertz CT molecular complexity index is 558. The third-order valence-electron chi connectivity index (χ3n) is 3.05. The summed E-state index contributed by atoms with van der Waals surface area (Å²) in [6.45, 7) is 2.81. The molecule has 2 aromatic carbocycles. The minimum absolute atomic E-state index is 0.791. The first-order valence-corrected chi connectivity index (χ1v) is 5.74. The van der Waals surface area contributed by atoms with E-state index < -0.39 is 0 Å². The van der Waals surface area contributed by atoms with Gasteiger partial charge in [0.05, 0.1) is 0 Å². The number of aryl methyl sites for hydroxylation is 1. The molecule has 0 unspecified atom stereocenters. The second kappa shape index (κ2) is 4.68. The van der Waals surface area contributed by atoms with Crippen LogP contribution in [-0.2, 0) is 6.54 Å². The summed E-state index contributed by atoms with van der Waals surface area (Å²) in [5.74, 6) is 0. The van der Waals surface area contributed by atoms with E-state index in [0.29, 0.717) is 0 Å². The average molecular weight is 227 g/mol. The van der Waals surface area contributed by atoms with Gasteiger partial charge in [0.25, 0.3) is 0 Å². The van der Waals surface area contributed by atoms with Gasteiger partial charge in [-0.05, 0) is 49.0 Å². The Kier molecular flexibility index (Phi) is 3.25. The minimum atomic E-state index is 0.791. The van der Waals surface area contributed by atoms with E-state index in [2.05, 4.69) is 23.1 Å². The molecule has 0 spiro atoms. The van der Waals surface area contributed by atoms with E-state index in [-0.39, 0.29) is 0 Å². The Morgan fingerprint density at radius 3 is 2.59 bits per heavy atom. The number of carbonyl (C=O) groups is 1. The number of benzene rings is 2. The third kappa shape index (κ3) is 2.22. The van der Waals surface area contributed by atoms with Crippen LogP contribution in [0.4, 0.5) is 0 Å². The van der Waals surface area contributed by atoms with Crippen molar-refractivity contribution < 1.29 is 4.79 Å². The lowest BCUT2D eigenvalue weighted by molar-refractivity contribution is 0.112. The smallest absolute Gasteiger partial charge is 0.150 e. The number of carbonyl (C=O) groups excluding carboxylic acids is 1. The Morgan fingerprint density at radius 1 is 1.24 bits per heavy atom. The van der Waals surface area contributed by atoms with Crippen LogP contribution in [0.2, 0.25) is 0 Å². The SMILES string of the molecule is Cc1c(C=O)c(CN(C)C)cc2ccccc12. The Hall–Kier alpha value is -1.67. The van der Waals surface area contributed by atoms with E-state index in [1.165, 1.54) is 5.39 Å². The molecule has 0 aliphatic rings. The van der Waals surface area contributed by atoms with E-state index >= 15 is 0 Å². The predicted molar refractivity (Wildman–Crippen MR) is 71.5 cm³/mol. The molecule has 2 aromatic rings. The predicted octanol–water partition coefficient (Wildman–Crippen LogP) is 3.02. The molecule has 0 bridgehead atoms. The number of rotatable bonds is 3. The van der Waals surface area contributed by atoms with Crippen LogP contribution in [0.1, 0.15) is 21.5 Å². The second-order valence-electron chi connectivity index (χ2n) is 4.65. The summed E-state index contributed by atoms with van der Waals surface area (Å²) in [7, 11) is 4.03. The van der Waals surface area contributed by atoms with Crippen LogP contribution < -0.4 is 0 Å². The van der Waals surface area contributed by atoms with Crippen LogP contribution in [0.5, 0.6) is 0 Å². The van der Waals surface area contributed by atoms with Crippen molar-refractivity contribution in [2.24, 2.45) is 0 Å². The van der Waals surface area contributed by atoms with E-state index in [1.54, 1.807) is 0 Å². The maximum atomic E-state index is 11.3. The molecule has 0 aliphatic carbocycles. The summed E-state index contributed by atoms with van der Waals surface area (Å²) < 4.78 is 0. The fraction of sp³-hybridized carbons (Fsp3) is 0.267. The number of aldehydes is 1. The summed E-state index contributed by atoms with van der Waals surface area (Å²) in [5, 5.41) is 2.37. The molecule has 0 radical (unpaired) electrons. The van der Waals surface area contributed by atoms with Crippen molar-refractivity contribution in [1.82, 2.24) is 4.90 Å². The number of hydrogen-bond acceptors (Lipinski definition) is 2. The lowest BCUT2D eigenvalue weighted by atomic mass is 9.95. The Morgan fingerprint density at radius 2 is 1.94 bits per heavy atom. The Balaban J connectivity index is 2.70. The van der Waals surface area contributed by atoms with Crippen molar-refractivity contribution in [3.05, 3.63) is 47.0 Å². The molecule has 2 heteroatoms. The van der Waals surface area contributed by atoms with Crippen LogP contribution in [0.25, 0.3) is 10.8 Å². The summed E-state index contributed by atoms with van der Waals surface area (Å²) in [4.78, 5) is 13.3. The van der Waals surface area contributed by atoms with Crippen LogP contribution in [0, 0.1) is 6.92 Å². The molecule has 0 heterocycles. The first kappa shape index (κ1) is 11.8. The fourth-order valence-electron chi connectivity index (χ4n) is 2.25. The van der Waals surface area contributed by atoms with Crippen LogP contribution in [0.15, 0.2) is 30.3 Å². The highest BCUT2D eigenvalue weighted by atomic mass is 16.1. The van der Waals surface area contributed by atoms with E-state index in [1.807, 2.05) is 33.2 Å². The normalized spacial score (nSPS) is 11.1. The molecule has 0 atom stereocenters. The summed E-state index contributed by atoms with van der Waals surface area (Å²) in [6, 6.07) is 10.3. The van der Waals surface area contributed by atoms with Gasteiger partial charge in [0.15, 0.2) is 6.29 Å². The lowest BCUT2D eigenvalue weighted by Crippen LogP contribution is -2.13. The largest absolute Gasteiger partial charge is 0.305 e. The van der Waals surface area contributed by atoms with Gasteiger partial charge in [0.1, 0.15) is 0 Å². The molecule has 0 fully saturated rings. The van der Waals surface area contributed by atoms with Crippen molar-refractivity contribution in [2.45, 2.75) is 13.5 Å². The van der Waals surface area contributed by atoms with Gasteiger partial charge in [0.2, 0.25) is 0 Å². The lowest BCUT2D eigenvalue weighted by Gasteiger charge is -2.15. The van der Waals surface area contributed by atoms with Crippen LogP contribution in [-0.4, -0.2) is 25.3 Å². The maximum absolute atomic E-state index is 11.3. The zero-order chi connectivity index (χ0) is 12.4. The summed E-state index contributed by atoms with van der Waals surface area (Å²) in [6.07, 6.45) is 0.973. The van der Waals surface area contributed by atoms with Gasteiger partial charge in [0, 0.05) is 12.1 Å². The van der Waals surface area contributed by atoms with Gasteiger partial charge in [-0.2, -0.15) is 0 Å². The summed E-state index contributed by atoms with van der Waals surface area (Å²) in [5.41, 5.74) is 3.01. The third-order valence-corrected chi connectivity index (χ3v) is 3.05. The van der Waals surface area contributed by atoms with E-state index in [0.717, 1.165) is 34.9 Å². The Labute approximate surface area is 102 Å². The van der Waals surface area contributed by atoms with Gasteiger partial charge in [-0.15, -0.1) is 0 Å². The molecule has 2 rings (SSSR count). The standard InChI is InChI=1S/C15H17NO/c1-11-14-7-5-4-6-12(14)8-13(9-16(2)3)15(11)10-17/h4-8,10H,9H2,1-3H3. The number of hydrogen-bond donors (Lipinski definition) is 0.